The summed E-state index contributed by atoms with van der Waals surface area (Å²) < 4.78 is 0. The van der Waals surface area contributed by atoms with Crippen LogP contribution in [0.3, 0.4) is 0 Å². The monoisotopic (exact) mass is 189 g/mol. The zero-order valence-corrected chi connectivity index (χ0v) is 8.40. The summed E-state index contributed by atoms with van der Waals surface area (Å²) in [6, 6.07) is 10.3. The van der Waals surface area contributed by atoms with Gasteiger partial charge in [-0.25, -0.2) is 0 Å². The van der Waals surface area contributed by atoms with Gasteiger partial charge in [0.1, 0.15) is 0 Å². The van der Waals surface area contributed by atoms with Crippen LogP contribution in [0.25, 0.3) is 0 Å². The third-order valence-electron chi connectivity index (χ3n) is 2.58. The molecule has 1 aromatic rings. The first-order chi connectivity index (χ1) is 6.77. The van der Waals surface area contributed by atoms with E-state index in [0.29, 0.717) is 5.96 Å². The molecule has 0 amide bonds. The van der Waals surface area contributed by atoms with Crippen molar-refractivity contribution in [3.05, 3.63) is 35.9 Å². The highest BCUT2D eigenvalue weighted by Gasteiger charge is 2.21. The maximum absolute atomic E-state index is 7.81. The molecule has 1 heterocycles. The Morgan fingerprint density at radius 1 is 1.21 bits per heavy atom. The first-order valence-electron chi connectivity index (χ1n) is 4.86. The van der Waals surface area contributed by atoms with Crippen molar-refractivity contribution in [2.45, 2.75) is 6.54 Å². The third-order valence-corrected chi connectivity index (χ3v) is 2.58. The Balaban J connectivity index is 2.02. The van der Waals surface area contributed by atoms with Gasteiger partial charge in [0.2, 0.25) is 0 Å². The van der Waals surface area contributed by atoms with Crippen LogP contribution in [-0.4, -0.2) is 35.9 Å². The van der Waals surface area contributed by atoms with E-state index in [1.807, 2.05) is 30.1 Å². The number of benzene rings is 1. The topological polar surface area (TPSA) is 30.3 Å². The molecule has 1 aliphatic heterocycles. The minimum absolute atomic E-state index is 0.633. The third kappa shape index (κ3) is 1.71. The van der Waals surface area contributed by atoms with Gasteiger partial charge < -0.3 is 9.80 Å². The number of nitrogens with one attached hydrogen (secondary N) is 1. The summed E-state index contributed by atoms with van der Waals surface area (Å²) in [7, 11) is 1.97. The molecule has 3 nitrogen and oxygen atoms in total. The molecule has 0 saturated carbocycles. The van der Waals surface area contributed by atoms with Crippen molar-refractivity contribution < 1.29 is 0 Å². The maximum Gasteiger partial charge on any atom is 0.193 e. The van der Waals surface area contributed by atoms with E-state index >= 15 is 0 Å². The molecule has 0 atom stereocenters. The molecule has 1 N–H and O–H groups in total. The molecule has 0 bridgehead atoms. The van der Waals surface area contributed by atoms with Gasteiger partial charge in [0.05, 0.1) is 0 Å². The van der Waals surface area contributed by atoms with Crippen LogP contribution in [0.2, 0.25) is 0 Å². The Labute approximate surface area is 84.5 Å². The average Bonchev–Trinajstić information content (AvgIpc) is 2.52. The Hall–Kier alpha value is -1.51. The van der Waals surface area contributed by atoms with Crippen molar-refractivity contribution in [1.29, 1.82) is 5.41 Å². The number of guanidine groups is 1. The molecule has 1 fully saturated rings. The second-order valence-corrected chi connectivity index (χ2v) is 3.65. The lowest BCUT2D eigenvalue weighted by Crippen LogP contribution is -2.29. The van der Waals surface area contributed by atoms with Gasteiger partial charge in [0, 0.05) is 26.7 Å². The molecular formula is C11H15N3. The van der Waals surface area contributed by atoms with Gasteiger partial charge in [-0.05, 0) is 5.56 Å². The second kappa shape index (κ2) is 3.70. The van der Waals surface area contributed by atoms with E-state index in [9.17, 15) is 0 Å². The smallest absolute Gasteiger partial charge is 0.193 e. The molecule has 1 aromatic carbocycles. The van der Waals surface area contributed by atoms with E-state index in [4.69, 9.17) is 5.41 Å². The van der Waals surface area contributed by atoms with E-state index < -0.39 is 0 Å². The summed E-state index contributed by atoms with van der Waals surface area (Å²) in [5.74, 6) is 0.633. The van der Waals surface area contributed by atoms with Crippen molar-refractivity contribution in [2.75, 3.05) is 20.1 Å². The largest absolute Gasteiger partial charge is 0.344 e. The Bertz CT molecular complexity index is 321. The van der Waals surface area contributed by atoms with Crippen LogP contribution in [-0.2, 0) is 6.54 Å². The lowest BCUT2D eigenvalue weighted by molar-refractivity contribution is 0.454. The van der Waals surface area contributed by atoms with E-state index in [1.54, 1.807) is 0 Å². The first kappa shape index (κ1) is 9.06. The van der Waals surface area contributed by atoms with E-state index in [0.717, 1.165) is 19.6 Å². The SMILES string of the molecule is CN1CCN(Cc2ccccc2)C1=N. The molecule has 0 radical (unpaired) electrons. The number of rotatable bonds is 2. The number of nitrogens with zero attached hydrogens (tertiary/aromatic N) is 2. The predicted octanol–water partition coefficient (Wildman–Crippen LogP) is 1.37. The van der Waals surface area contributed by atoms with Crippen LogP contribution < -0.4 is 0 Å². The van der Waals surface area contributed by atoms with Crippen LogP contribution in [0, 0.1) is 5.41 Å². The summed E-state index contributed by atoms with van der Waals surface area (Å²) in [6.45, 7) is 2.78. The minimum atomic E-state index is 0.633. The van der Waals surface area contributed by atoms with E-state index in [1.165, 1.54) is 5.56 Å². The van der Waals surface area contributed by atoms with Crippen LogP contribution >= 0.6 is 0 Å². The molecule has 0 aliphatic carbocycles. The van der Waals surface area contributed by atoms with Crippen LogP contribution in [0.4, 0.5) is 0 Å². The molecular weight excluding hydrogens is 174 g/mol. The van der Waals surface area contributed by atoms with Crippen molar-refractivity contribution >= 4 is 5.96 Å². The number of hydrogen-bond acceptors (Lipinski definition) is 1. The molecule has 2 rings (SSSR count). The summed E-state index contributed by atoms with van der Waals surface area (Å²) in [4.78, 5) is 4.07. The van der Waals surface area contributed by atoms with Crippen molar-refractivity contribution in [3.8, 4) is 0 Å². The van der Waals surface area contributed by atoms with Gasteiger partial charge >= 0.3 is 0 Å². The predicted molar refractivity (Wildman–Crippen MR) is 57.2 cm³/mol. The molecule has 0 aromatic heterocycles. The Morgan fingerprint density at radius 3 is 2.50 bits per heavy atom. The lowest BCUT2D eigenvalue weighted by Gasteiger charge is -2.18. The summed E-state index contributed by atoms with van der Waals surface area (Å²) in [5, 5.41) is 7.81. The fourth-order valence-electron chi connectivity index (χ4n) is 1.68. The molecule has 1 saturated heterocycles. The minimum Gasteiger partial charge on any atom is -0.344 e. The number of likely N-dealkylation sites (N-methyl/N-ethyl adjacent to an activating group) is 1. The van der Waals surface area contributed by atoms with Crippen LogP contribution in [0.5, 0.6) is 0 Å². The van der Waals surface area contributed by atoms with Gasteiger partial charge in [-0.1, -0.05) is 30.3 Å². The zero-order chi connectivity index (χ0) is 9.97. The van der Waals surface area contributed by atoms with Gasteiger partial charge in [-0.3, -0.25) is 5.41 Å². The normalized spacial score (nSPS) is 16.5. The summed E-state index contributed by atoms with van der Waals surface area (Å²) >= 11 is 0. The quantitative estimate of drug-likeness (QED) is 0.761. The Morgan fingerprint density at radius 2 is 1.93 bits per heavy atom. The van der Waals surface area contributed by atoms with Gasteiger partial charge in [-0.2, -0.15) is 0 Å². The van der Waals surface area contributed by atoms with Crippen molar-refractivity contribution in [2.24, 2.45) is 0 Å². The lowest BCUT2D eigenvalue weighted by atomic mass is 10.2. The average molecular weight is 189 g/mol. The molecule has 1 aliphatic rings. The van der Waals surface area contributed by atoms with E-state index in [2.05, 4.69) is 17.0 Å². The fourth-order valence-corrected chi connectivity index (χ4v) is 1.68. The standard InChI is InChI=1S/C11H15N3/c1-13-7-8-14(11(13)12)9-10-5-3-2-4-6-10/h2-6,12H,7-9H2,1H3. The highest BCUT2D eigenvalue weighted by molar-refractivity contribution is 5.78. The molecule has 3 heteroatoms. The maximum atomic E-state index is 7.81. The van der Waals surface area contributed by atoms with Crippen molar-refractivity contribution in [3.63, 3.8) is 0 Å². The highest BCUT2D eigenvalue weighted by Crippen LogP contribution is 2.10. The van der Waals surface area contributed by atoms with Gasteiger partial charge in [-0.15, -0.1) is 0 Å². The van der Waals surface area contributed by atoms with Crippen LogP contribution in [0.15, 0.2) is 30.3 Å². The van der Waals surface area contributed by atoms with E-state index in [-0.39, 0.29) is 0 Å². The first-order valence-corrected chi connectivity index (χ1v) is 4.86. The second-order valence-electron chi connectivity index (χ2n) is 3.65. The zero-order valence-electron chi connectivity index (χ0n) is 8.40. The Kier molecular flexibility index (Phi) is 2.39. The highest BCUT2D eigenvalue weighted by atomic mass is 15.4. The number of hydrogen-bond donors (Lipinski definition) is 1. The van der Waals surface area contributed by atoms with Crippen LogP contribution in [0.1, 0.15) is 5.56 Å². The van der Waals surface area contributed by atoms with Gasteiger partial charge in [0.25, 0.3) is 0 Å². The van der Waals surface area contributed by atoms with Gasteiger partial charge in [0.15, 0.2) is 5.96 Å². The fraction of sp³-hybridized carbons (Fsp3) is 0.364. The molecule has 0 spiro atoms. The summed E-state index contributed by atoms with van der Waals surface area (Å²) in [5.41, 5.74) is 1.27. The van der Waals surface area contributed by atoms with Crippen molar-refractivity contribution in [1.82, 2.24) is 9.80 Å². The molecule has 0 unspecified atom stereocenters. The molecule has 14 heavy (non-hydrogen) atoms. The molecule has 74 valence electrons. The summed E-state index contributed by atoms with van der Waals surface area (Å²) in [6.07, 6.45) is 0.